The molecule has 0 radical (unpaired) electrons. The number of carbonyl (C=O) groups is 8. The monoisotopic (exact) mass is 981 g/mol. The topological polar surface area (TPSA) is 372 Å². The molecular weight excluding hydrogens is 905 g/mol. The minimum absolute atomic E-state index is 0.229. The fourth-order valence-corrected chi connectivity index (χ4v) is 7.16. The minimum atomic E-state index is -1.02. The molecule has 0 atom stereocenters. The van der Waals surface area contributed by atoms with Gasteiger partial charge in [-0.2, -0.15) is 0 Å². The summed E-state index contributed by atoms with van der Waals surface area (Å²) in [6.45, 7) is 11.6. The normalized spacial score (nSPS) is 20.2. The molecule has 3 aliphatic rings. The molecule has 0 aromatic rings. The molecule has 0 saturated carbocycles. The van der Waals surface area contributed by atoms with E-state index < -0.39 is 47.8 Å². The lowest BCUT2D eigenvalue weighted by atomic mass is 10.3. The quantitative estimate of drug-likeness (QED) is 0.0684. The van der Waals surface area contributed by atoms with E-state index in [-0.39, 0.29) is 52.4 Å². The zero-order chi connectivity index (χ0) is 50.7. The molecule has 3 rings (SSSR count). The summed E-state index contributed by atoms with van der Waals surface area (Å²) in [5.41, 5.74) is 0. The number of carboxylic acids is 8. The van der Waals surface area contributed by atoms with Gasteiger partial charge in [-0.3, -0.25) is 77.6 Å². The van der Waals surface area contributed by atoms with Crippen LogP contribution >= 0.6 is 0 Å². The first-order valence-electron chi connectivity index (χ1n) is 22.7. The van der Waals surface area contributed by atoms with Crippen LogP contribution < -0.4 is 21.3 Å². The Morgan fingerprint density at radius 2 is 0.309 bits per heavy atom. The van der Waals surface area contributed by atoms with Crippen LogP contribution in [0.4, 0.5) is 0 Å². The third-order valence-corrected chi connectivity index (χ3v) is 10.6. The van der Waals surface area contributed by atoms with Crippen molar-refractivity contribution in [3.8, 4) is 0 Å². The van der Waals surface area contributed by atoms with E-state index in [1.54, 1.807) is 39.2 Å². The van der Waals surface area contributed by atoms with Crippen molar-refractivity contribution in [3.05, 3.63) is 0 Å². The molecule has 3 heterocycles. The molecule has 0 aliphatic carbocycles. The first kappa shape index (κ1) is 61.3. The Kier molecular flexibility index (Phi) is 33.5. The van der Waals surface area contributed by atoms with Gasteiger partial charge in [0.15, 0.2) is 0 Å². The number of aliphatic carboxylic acids is 8. The van der Waals surface area contributed by atoms with Crippen molar-refractivity contribution in [1.29, 1.82) is 0 Å². The Hall–Kier alpha value is -4.72. The van der Waals surface area contributed by atoms with Crippen molar-refractivity contribution < 1.29 is 79.2 Å². The van der Waals surface area contributed by atoms with Gasteiger partial charge in [-0.15, -0.1) is 0 Å². The second kappa shape index (κ2) is 37.2. The van der Waals surface area contributed by atoms with E-state index in [1.807, 2.05) is 0 Å². The Bertz CT molecular complexity index is 1160. The summed E-state index contributed by atoms with van der Waals surface area (Å²) in [7, 11) is 0. The fraction of sp³-hybridized carbons (Fsp3) is 0.800. The average Bonchev–Trinajstić information content (AvgIpc) is 3.22. The molecule has 68 heavy (non-hydrogen) atoms. The van der Waals surface area contributed by atoms with Crippen molar-refractivity contribution >= 4 is 47.8 Å². The summed E-state index contributed by atoms with van der Waals surface area (Å²) in [6.07, 6.45) is 0. The van der Waals surface area contributed by atoms with Crippen molar-refractivity contribution in [2.45, 2.75) is 0 Å². The van der Waals surface area contributed by atoms with Crippen LogP contribution in [0, 0.1) is 0 Å². The van der Waals surface area contributed by atoms with Gasteiger partial charge in [0.25, 0.3) is 0 Å². The predicted octanol–water partition coefficient (Wildman–Crippen LogP) is -6.55. The lowest BCUT2D eigenvalue weighted by Crippen LogP contribution is -2.49. The van der Waals surface area contributed by atoms with E-state index in [9.17, 15) is 38.4 Å². The van der Waals surface area contributed by atoms with E-state index in [1.165, 1.54) is 0 Å². The van der Waals surface area contributed by atoms with Crippen LogP contribution in [-0.2, 0) is 38.4 Å². The molecule has 28 heteroatoms. The van der Waals surface area contributed by atoms with Gasteiger partial charge in [-0.1, -0.05) is 0 Å². The molecule has 3 saturated heterocycles. The first-order chi connectivity index (χ1) is 32.3. The molecule has 0 spiro atoms. The lowest BCUT2D eigenvalue weighted by Gasteiger charge is -2.32. The van der Waals surface area contributed by atoms with Gasteiger partial charge in [-0.25, -0.2) is 0 Å². The molecule has 0 aromatic heterocycles. The number of carboxylic acid groups (broad SMARTS) is 8. The highest BCUT2D eigenvalue weighted by molar-refractivity contribution is 5.71. The van der Waals surface area contributed by atoms with E-state index in [0.29, 0.717) is 105 Å². The van der Waals surface area contributed by atoms with Gasteiger partial charge in [0, 0.05) is 157 Å². The summed E-state index contributed by atoms with van der Waals surface area (Å²) in [6, 6.07) is 0. The van der Waals surface area contributed by atoms with Crippen LogP contribution in [0.25, 0.3) is 0 Å². The molecular formula is C40H76N12O16. The van der Waals surface area contributed by atoms with Gasteiger partial charge in [-0.05, 0) is 0 Å². The second-order valence-corrected chi connectivity index (χ2v) is 16.4. The van der Waals surface area contributed by atoms with Crippen LogP contribution in [0.5, 0.6) is 0 Å². The molecule has 3 aliphatic heterocycles. The number of rotatable bonds is 16. The first-order valence-corrected chi connectivity index (χ1v) is 22.7. The number of hydrogen-bond acceptors (Lipinski definition) is 20. The highest BCUT2D eigenvalue weighted by Gasteiger charge is 2.23. The minimum Gasteiger partial charge on any atom is -0.480 e. The standard InChI is InChI=1S/2C16H28N4O8.C8H20N4/c2*21-13(22)9-17-1-2-18(10-14(23)24)5-6-20(12-16(27)28)8-7-19(4-3-17)11-15(25)26;1-2-10-5-6-12-8-7-11-4-3-9-1/h2*1-12H2,(H,21,22)(H,23,24)(H,25,26)(H,27,28);9-12H,1-8H2. The Morgan fingerprint density at radius 1 is 0.221 bits per heavy atom. The van der Waals surface area contributed by atoms with Crippen molar-refractivity contribution in [1.82, 2.24) is 60.5 Å². The van der Waals surface area contributed by atoms with E-state index in [0.717, 1.165) is 52.4 Å². The van der Waals surface area contributed by atoms with Gasteiger partial charge in [0.05, 0.1) is 52.4 Å². The third kappa shape index (κ3) is 35.4. The fourth-order valence-electron chi connectivity index (χ4n) is 7.16. The number of nitrogens with zero attached hydrogens (tertiary/aromatic N) is 8. The lowest BCUT2D eigenvalue weighted by molar-refractivity contribution is -0.141. The Labute approximate surface area is 396 Å². The SMILES string of the molecule is C1CNCCNCCNCCN1.O=C(O)CN1CCN(CC(=O)O)CCN(CC(=O)O)CCN(CC(=O)O)CC1.O=C(O)CN1CCN(CC(=O)O)CCN(CC(=O)O)CCN(CC(=O)O)CC1. The Morgan fingerprint density at radius 3 is 0.382 bits per heavy atom. The van der Waals surface area contributed by atoms with E-state index in [2.05, 4.69) is 21.3 Å². The maximum absolute atomic E-state index is 11.1. The summed E-state index contributed by atoms with van der Waals surface area (Å²) in [4.78, 5) is 102. The third-order valence-electron chi connectivity index (χ3n) is 10.6. The van der Waals surface area contributed by atoms with E-state index in [4.69, 9.17) is 40.9 Å². The maximum Gasteiger partial charge on any atom is 0.317 e. The number of hydrogen-bond donors (Lipinski definition) is 12. The maximum atomic E-state index is 11.1. The molecule has 12 N–H and O–H groups in total. The molecule has 0 amide bonds. The smallest absolute Gasteiger partial charge is 0.317 e. The molecule has 28 nitrogen and oxygen atoms in total. The summed E-state index contributed by atoms with van der Waals surface area (Å²) in [5.74, 6) is -8.15. The van der Waals surface area contributed by atoms with Gasteiger partial charge >= 0.3 is 47.8 Å². The molecule has 3 fully saturated rings. The molecule has 0 unspecified atom stereocenters. The summed E-state index contributed by atoms with van der Waals surface area (Å²) in [5, 5.41) is 86.0. The van der Waals surface area contributed by atoms with Crippen LogP contribution in [0.3, 0.4) is 0 Å². The predicted molar refractivity (Wildman–Crippen MR) is 244 cm³/mol. The van der Waals surface area contributed by atoms with Crippen molar-refractivity contribution in [2.24, 2.45) is 0 Å². The zero-order valence-corrected chi connectivity index (χ0v) is 39.0. The second-order valence-electron chi connectivity index (χ2n) is 16.4. The van der Waals surface area contributed by atoms with Crippen molar-refractivity contribution in [3.63, 3.8) is 0 Å². The number of nitrogens with one attached hydrogen (secondary N) is 4. The average molecular weight is 981 g/mol. The highest BCUT2D eigenvalue weighted by Crippen LogP contribution is 2.03. The summed E-state index contributed by atoms with van der Waals surface area (Å²) >= 11 is 0. The van der Waals surface area contributed by atoms with Crippen molar-refractivity contribution in [2.75, 3.05) is 209 Å². The Balaban J connectivity index is 0.000000549. The van der Waals surface area contributed by atoms with Crippen LogP contribution in [0.1, 0.15) is 0 Å². The van der Waals surface area contributed by atoms with Crippen LogP contribution in [0.15, 0.2) is 0 Å². The van der Waals surface area contributed by atoms with E-state index >= 15 is 0 Å². The van der Waals surface area contributed by atoms with Gasteiger partial charge in [0.2, 0.25) is 0 Å². The largest absolute Gasteiger partial charge is 0.480 e. The van der Waals surface area contributed by atoms with Crippen LogP contribution in [-0.4, -0.2) is 337 Å². The summed E-state index contributed by atoms with van der Waals surface area (Å²) < 4.78 is 0. The molecule has 0 aromatic carbocycles. The van der Waals surface area contributed by atoms with Gasteiger partial charge < -0.3 is 62.1 Å². The highest BCUT2D eigenvalue weighted by atomic mass is 16.4. The zero-order valence-electron chi connectivity index (χ0n) is 39.0. The molecule has 0 bridgehead atoms. The van der Waals surface area contributed by atoms with Crippen LogP contribution in [0.2, 0.25) is 0 Å². The van der Waals surface area contributed by atoms with Gasteiger partial charge in [0.1, 0.15) is 0 Å². The molecule has 392 valence electrons.